The summed E-state index contributed by atoms with van der Waals surface area (Å²) in [5, 5.41) is 2.80. The van der Waals surface area contributed by atoms with Gasteiger partial charge in [-0.3, -0.25) is 0 Å². The topological polar surface area (TPSA) is 37.8 Å². The Balaban J connectivity index is 2.42. The van der Waals surface area contributed by atoms with Gasteiger partial charge in [0.1, 0.15) is 5.82 Å². The number of hydrogen-bond acceptors (Lipinski definition) is 3. The predicted molar refractivity (Wildman–Crippen MR) is 57.0 cm³/mol. The van der Waals surface area contributed by atoms with Gasteiger partial charge in [0.25, 0.3) is 0 Å². The largest absolute Gasteiger partial charge is 0.357 e. The molecule has 0 spiro atoms. The molecule has 0 atom stereocenters. The van der Waals surface area contributed by atoms with Gasteiger partial charge >= 0.3 is 0 Å². The van der Waals surface area contributed by atoms with Crippen molar-refractivity contribution in [3.63, 3.8) is 0 Å². The lowest BCUT2D eigenvalue weighted by Crippen LogP contribution is -1.95. The van der Waals surface area contributed by atoms with Crippen molar-refractivity contribution in [2.75, 3.05) is 12.4 Å². The Morgan fingerprint density at radius 2 is 1.80 bits per heavy atom. The molecule has 15 heavy (non-hydrogen) atoms. The van der Waals surface area contributed by atoms with Crippen molar-refractivity contribution in [3.05, 3.63) is 42.5 Å². The average Bonchev–Trinajstić information content (AvgIpc) is 2.30. The van der Waals surface area contributed by atoms with Gasteiger partial charge in [-0.25, -0.2) is 14.4 Å². The Labute approximate surface area is 87.0 Å². The van der Waals surface area contributed by atoms with E-state index in [2.05, 4.69) is 15.3 Å². The van der Waals surface area contributed by atoms with Crippen molar-refractivity contribution >= 4 is 5.95 Å². The SMILES string of the molecule is CNc1ncc(-c2ccccc2F)cn1. The molecule has 4 heteroatoms. The van der Waals surface area contributed by atoms with Crippen molar-refractivity contribution in [1.29, 1.82) is 0 Å². The zero-order valence-electron chi connectivity index (χ0n) is 8.24. The minimum atomic E-state index is -0.265. The summed E-state index contributed by atoms with van der Waals surface area (Å²) in [4.78, 5) is 8.05. The lowest BCUT2D eigenvalue weighted by molar-refractivity contribution is 0.631. The van der Waals surface area contributed by atoms with Crippen LogP contribution >= 0.6 is 0 Å². The molecule has 3 nitrogen and oxygen atoms in total. The molecule has 0 aliphatic carbocycles. The molecule has 76 valence electrons. The van der Waals surface area contributed by atoms with E-state index in [9.17, 15) is 4.39 Å². The highest BCUT2D eigenvalue weighted by Gasteiger charge is 2.04. The molecule has 2 rings (SSSR count). The summed E-state index contributed by atoms with van der Waals surface area (Å²) in [6, 6.07) is 6.56. The smallest absolute Gasteiger partial charge is 0.222 e. The Morgan fingerprint density at radius 1 is 1.13 bits per heavy atom. The molecule has 0 fully saturated rings. The second-order valence-corrected chi connectivity index (χ2v) is 3.03. The molecule has 0 radical (unpaired) electrons. The van der Waals surface area contributed by atoms with Crippen LogP contribution in [0.1, 0.15) is 0 Å². The van der Waals surface area contributed by atoms with E-state index >= 15 is 0 Å². The Morgan fingerprint density at radius 3 is 2.40 bits per heavy atom. The third-order valence-electron chi connectivity index (χ3n) is 2.06. The number of hydrogen-bond donors (Lipinski definition) is 1. The molecule has 2 aromatic rings. The molecule has 1 heterocycles. The summed E-state index contributed by atoms with van der Waals surface area (Å²) in [6.07, 6.45) is 3.19. The summed E-state index contributed by atoms with van der Waals surface area (Å²) in [7, 11) is 1.73. The normalized spacial score (nSPS) is 10.0. The molecular formula is C11H10FN3. The Hall–Kier alpha value is -1.97. The molecule has 1 aromatic carbocycles. The van der Waals surface area contributed by atoms with Crippen LogP contribution in [0.4, 0.5) is 10.3 Å². The van der Waals surface area contributed by atoms with E-state index in [4.69, 9.17) is 0 Å². The fraction of sp³-hybridized carbons (Fsp3) is 0.0909. The monoisotopic (exact) mass is 203 g/mol. The Kier molecular flexibility index (Phi) is 2.58. The van der Waals surface area contributed by atoms with Crippen molar-refractivity contribution in [2.45, 2.75) is 0 Å². The number of benzene rings is 1. The molecule has 1 aromatic heterocycles. The van der Waals surface area contributed by atoms with Gasteiger partial charge in [-0.15, -0.1) is 0 Å². The van der Waals surface area contributed by atoms with Crippen molar-refractivity contribution in [2.24, 2.45) is 0 Å². The molecular weight excluding hydrogens is 193 g/mol. The molecule has 0 amide bonds. The highest BCUT2D eigenvalue weighted by atomic mass is 19.1. The first-order valence-electron chi connectivity index (χ1n) is 4.56. The number of rotatable bonds is 2. The lowest BCUT2D eigenvalue weighted by Gasteiger charge is -2.03. The van der Waals surface area contributed by atoms with E-state index in [-0.39, 0.29) is 5.82 Å². The lowest BCUT2D eigenvalue weighted by atomic mass is 10.1. The summed E-state index contributed by atoms with van der Waals surface area (Å²) < 4.78 is 13.4. The van der Waals surface area contributed by atoms with E-state index in [0.717, 1.165) is 0 Å². The van der Waals surface area contributed by atoms with Gasteiger partial charge in [0.15, 0.2) is 0 Å². The highest BCUT2D eigenvalue weighted by Crippen LogP contribution is 2.20. The third kappa shape index (κ3) is 1.93. The summed E-state index contributed by atoms with van der Waals surface area (Å²) in [5.74, 6) is 0.258. The van der Waals surface area contributed by atoms with Crippen LogP contribution in [0.5, 0.6) is 0 Å². The number of halogens is 1. The van der Waals surface area contributed by atoms with Crippen LogP contribution in [0.15, 0.2) is 36.7 Å². The van der Waals surface area contributed by atoms with Gasteiger partial charge in [-0.1, -0.05) is 18.2 Å². The van der Waals surface area contributed by atoms with Crippen LogP contribution in [0.2, 0.25) is 0 Å². The quantitative estimate of drug-likeness (QED) is 0.813. The third-order valence-corrected chi connectivity index (χ3v) is 2.06. The molecule has 0 bridgehead atoms. The minimum absolute atomic E-state index is 0.265. The van der Waals surface area contributed by atoms with Crippen LogP contribution in [-0.2, 0) is 0 Å². The zero-order chi connectivity index (χ0) is 10.7. The first kappa shape index (κ1) is 9.58. The number of nitrogens with one attached hydrogen (secondary N) is 1. The minimum Gasteiger partial charge on any atom is -0.357 e. The van der Waals surface area contributed by atoms with Crippen molar-refractivity contribution in [1.82, 2.24) is 9.97 Å². The maximum Gasteiger partial charge on any atom is 0.222 e. The Bertz CT molecular complexity index is 454. The molecule has 1 N–H and O–H groups in total. The van der Waals surface area contributed by atoms with E-state index < -0.39 is 0 Å². The molecule has 0 aliphatic heterocycles. The first-order valence-corrected chi connectivity index (χ1v) is 4.56. The van der Waals surface area contributed by atoms with E-state index in [0.29, 0.717) is 17.1 Å². The van der Waals surface area contributed by atoms with Crippen LogP contribution in [0, 0.1) is 5.82 Å². The van der Waals surface area contributed by atoms with E-state index in [1.807, 2.05) is 0 Å². The first-order chi connectivity index (χ1) is 7.31. The van der Waals surface area contributed by atoms with Crippen molar-refractivity contribution < 1.29 is 4.39 Å². The van der Waals surface area contributed by atoms with Crippen LogP contribution < -0.4 is 5.32 Å². The number of anilines is 1. The number of aromatic nitrogens is 2. The summed E-state index contributed by atoms with van der Waals surface area (Å²) in [6.45, 7) is 0. The highest BCUT2D eigenvalue weighted by molar-refractivity contribution is 5.62. The average molecular weight is 203 g/mol. The summed E-state index contributed by atoms with van der Waals surface area (Å²) in [5.41, 5.74) is 1.19. The van der Waals surface area contributed by atoms with Crippen LogP contribution in [0.3, 0.4) is 0 Å². The zero-order valence-corrected chi connectivity index (χ0v) is 8.24. The van der Waals surface area contributed by atoms with Gasteiger partial charge in [-0.2, -0.15) is 0 Å². The predicted octanol–water partition coefficient (Wildman–Crippen LogP) is 2.32. The molecule has 0 saturated carbocycles. The maximum atomic E-state index is 13.4. The van der Waals surface area contributed by atoms with Gasteiger partial charge in [0.05, 0.1) is 0 Å². The molecule has 0 saturated heterocycles. The van der Waals surface area contributed by atoms with Gasteiger partial charge in [-0.05, 0) is 6.07 Å². The van der Waals surface area contributed by atoms with E-state index in [1.54, 1.807) is 37.6 Å². The fourth-order valence-electron chi connectivity index (χ4n) is 1.29. The summed E-state index contributed by atoms with van der Waals surface area (Å²) >= 11 is 0. The van der Waals surface area contributed by atoms with Gasteiger partial charge in [0.2, 0.25) is 5.95 Å². The second-order valence-electron chi connectivity index (χ2n) is 3.03. The van der Waals surface area contributed by atoms with Gasteiger partial charge < -0.3 is 5.32 Å². The standard InChI is InChI=1S/C11H10FN3/c1-13-11-14-6-8(7-15-11)9-4-2-3-5-10(9)12/h2-7H,1H3,(H,13,14,15). The number of nitrogens with zero attached hydrogens (tertiary/aromatic N) is 2. The van der Waals surface area contributed by atoms with Crippen LogP contribution in [0.25, 0.3) is 11.1 Å². The van der Waals surface area contributed by atoms with E-state index in [1.165, 1.54) is 6.07 Å². The van der Waals surface area contributed by atoms with Gasteiger partial charge in [0, 0.05) is 30.6 Å². The fourth-order valence-corrected chi connectivity index (χ4v) is 1.29. The van der Waals surface area contributed by atoms with Crippen molar-refractivity contribution in [3.8, 4) is 11.1 Å². The molecule has 0 aliphatic rings. The maximum absolute atomic E-state index is 13.4. The second kappa shape index (κ2) is 4.04. The van der Waals surface area contributed by atoms with Crippen LogP contribution in [-0.4, -0.2) is 17.0 Å². The molecule has 0 unspecified atom stereocenters.